The van der Waals surface area contributed by atoms with Crippen LogP contribution in [0.25, 0.3) is 47.8 Å². The van der Waals surface area contributed by atoms with E-state index in [1.807, 2.05) is 0 Å². The summed E-state index contributed by atoms with van der Waals surface area (Å²) in [5.74, 6) is -8.42. The third-order valence-electron chi connectivity index (χ3n) is 9.59. The van der Waals surface area contributed by atoms with Crippen LogP contribution in [-0.4, -0.2) is 46.4 Å². The van der Waals surface area contributed by atoms with Gasteiger partial charge in [0.2, 0.25) is 44.9 Å². The summed E-state index contributed by atoms with van der Waals surface area (Å²) in [6.07, 6.45) is 0. The van der Waals surface area contributed by atoms with Crippen LogP contribution >= 0.6 is 0 Å². The summed E-state index contributed by atoms with van der Waals surface area (Å²) in [7, 11) is -16.4. The van der Waals surface area contributed by atoms with Gasteiger partial charge in [0.05, 0.1) is 21.7 Å². The summed E-state index contributed by atoms with van der Waals surface area (Å²) < 4.78 is 116. The van der Waals surface area contributed by atoms with Gasteiger partial charge in [0.15, 0.2) is 26.5 Å². The van der Waals surface area contributed by atoms with E-state index in [4.69, 9.17) is 25.8 Å². The molecular formula is C40H19N6O19S3+3. The molecule has 0 radical (unpaired) electrons. The largest absolute Gasteiger partial charge is 0.510 e. The summed E-state index contributed by atoms with van der Waals surface area (Å²) in [5.41, 5.74) is -9.50. The van der Waals surface area contributed by atoms with E-state index >= 15 is 0 Å². The van der Waals surface area contributed by atoms with Gasteiger partial charge in [-0.25, -0.2) is 14.4 Å². The van der Waals surface area contributed by atoms with Crippen molar-refractivity contribution >= 4 is 86.1 Å². The second-order valence-corrected chi connectivity index (χ2v) is 18.3. The maximum absolute atomic E-state index is 14.3. The highest BCUT2D eigenvalue weighted by Crippen LogP contribution is 2.46. The third kappa shape index (κ3) is 7.73. The highest BCUT2D eigenvalue weighted by molar-refractivity contribution is 7.88. The molecule has 3 N–H and O–H groups in total. The molecule has 338 valence electrons. The SMILES string of the molecule is N#[N+]c1c(O)c2cc(S(=O)(=O)Oc3ccc(C(=O)c4ccccc4)c(OS(=O)(=O)c4ccc5oc(=O)c([N+]#N)c(O)c5c4)c3OS(=O)(=O)c3ccc4oc(=O)c([N+]#N)c(O)c4c3)ccc2oc1=O. The van der Waals surface area contributed by atoms with Crippen LogP contribution in [0.4, 0.5) is 17.1 Å². The van der Waals surface area contributed by atoms with Gasteiger partial charge in [-0.15, -0.1) is 0 Å². The standard InChI is InChI=1S/C40H16N6O19S3/c41-44-29-33(48)22-14-18(6-10-25(22)60-38(29)51)66(54,55)63-28-13-9-21(32(47)17-4-2-1-3-5-17)36(64-67(56,57)19-7-11-26-23(15-19)34(49)30(45-42)39(52)61-26)37(28)65-68(58,59)20-8-12-27-24(16-20)35(50)31(46-43)40(53)62-27/h1-16H/p+3. The fourth-order valence-electron chi connectivity index (χ4n) is 6.38. The van der Waals surface area contributed by atoms with Crippen molar-refractivity contribution in [3.05, 3.63) is 154 Å². The minimum atomic E-state index is -5.54. The number of aromatic hydroxyl groups is 3. The van der Waals surface area contributed by atoms with Crippen molar-refractivity contribution in [1.29, 1.82) is 16.2 Å². The van der Waals surface area contributed by atoms with Crippen LogP contribution in [0.5, 0.6) is 34.5 Å². The van der Waals surface area contributed by atoms with E-state index in [0.717, 1.165) is 42.5 Å². The van der Waals surface area contributed by atoms with Gasteiger partial charge in [-0.3, -0.25) is 4.79 Å². The molecule has 8 aromatic rings. The van der Waals surface area contributed by atoms with Gasteiger partial charge in [0, 0.05) is 5.56 Å². The Morgan fingerprint density at radius 2 is 0.853 bits per heavy atom. The first kappa shape index (κ1) is 44.9. The Labute approximate surface area is 375 Å². The lowest BCUT2D eigenvalue weighted by atomic mass is 10.0. The molecule has 0 amide bonds. The highest BCUT2D eigenvalue weighted by atomic mass is 32.2. The number of diazo groups is 3. The van der Waals surface area contributed by atoms with Crippen LogP contribution in [0, 0.1) is 16.2 Å². The van der Waals surface area contributed by atoms with Gasteiger partial charge in [-0.05, 0) is 66.7 Å². The number of carbonyl (C=O) groups is 1. The van der Waals surface area contributed by atoms with Gasteiger partial charge in [0.25, 0.3) is 0 Å². The number of benzene rings is 5. The number of carbonyl (C=O) groups excluding carboxylic acids is 1. The lowest BCUT2D eigenvalue weighted by molar-refractivity contribution is 0.103. The predicted octanol–water partition coefficient (Wildman–Crippen LogP) is 6.11. The molecule has 25 nitrogen and oxygen atoms in total. The number of ketones is 1. The predicted molar refractivity (Wildman–Crippen MR) is 226 cm³/mol. The lowest BCUT2D eigenvalue weighted by Crippen LogP contribution is -2.18. The van der Waals surface area contributed by atoms with Crippen molar-refractivity contribution in [3.8, 4) is 34.5 Å². The second kappa shape index (κ2) is 16.4. The summed E-state index contributed by atoms with van der Waals surface area (Å²) in [4.78, 5) is 55.8. The summed E-state index contributed by atoms with van der Waals surface area (Å²) in [5, 5.41) is 58.0. The highest BCUT2D eigenvalue weighted by Gasteiger charge is 2.36. The fraction of sp³-hybridized carbons (Fsp3) is 0. The minimum absolute atomic E-state index is 0.191. The number of rotatable bonds is 11. The van der Waals surface area contributed by atoms with E-state index in [9.17, 15) is 75.9 Å². The molecule has 8 rings (SSSR count). The molecule has 28 heteroatoms. The smallest absolute Gasteiger partial charge is 0.501 e. The minimum Gasteiger partial charge on any atom is -0.501 e. The maximum Gasteiger partial charge on any atom is 0.510 e. The second-order valence-electron chi connectivity index (χ2n) is 13.6. The zero-order valence-electron chi connectivity index (χ0n) is 33.0. The van der Waals surface area contributed by atoms with Crippen molar-refractivity contribution in [1.82, 2.24) is 0 Å². The molecule has 3 heterocycles. The van der Waals surface area contributed by atoms with E-state index in [-0.39, 0.29) is 5.56 Å². The molecule has 0 aliphatic carbocycles. The summed E-state index contributed by atoms with van der Waals surface area (Å²) in [6, 6.07) is 15.0. The first-order valence-electron chi connectivity index (χ1n) is 18.2. The van der Waals surface area contributed by atoms with Crippen LogP contribution in [0.2, 0.25) is 0 Å². The van der Waals surface area contributed by atoms with E-state index in [1.165, 1.54) is 30.3 Å². The topological polar surface area (TPSA) is 383 Å². The molecule has 0 bridgehead atoms. The number of hydrogen-bond acceptors (Lipinski definition) is 22. The average Bonchev–Trinajstić information content (AvgIpc) is 3.30. The van der Waals surface area contributed by atoms with Crippen LogP contribution in [0.1, 0.15) is 15.9 Å². The fourth-order valence-corrected chi connectivity index (χ4v) is 9.28. The van der Waals surface area contributed by atoms with Crippen LogP contribution in [0.15, 0.2) is 139 Å². The average molecular weight is 984 g/mol. The van der Waals surface area contributed by atoms with Gasteiger partial charge >= 0.3 is 64.3 Å². The van der Waals surface area contributed by atoms with Crippen molar-refractivity contribution in [2.75, 3.05) is 0 Å². The molecule has 0 unspecified atom stereocenters. The van der Waals surface area contributed by atoms with E-state index in [0.29, 0.717) is 24.3 Å². The Hall–Kier alpha value is -9.69. The first-order valence-corrected chi connectivity index (χ1v) is 22.5. The van der Waals surface area contributed by atoms with Crippen molar-refractivity contribution in [3.63, 3.8) is 0 Å². The van der Waals surface area contributed by atoms with Gasteiger partial charge in [0.1, 0.15) is 31.4 Å². The molecule has 0 saturated heterocycles. The lowest BCUT2D eigenvalue weighted by Gasteiger charge is -2.19. The molecule has 0 spiro atoms. The molecular weight excluding hydrogens is 965 g/mol. The van der Waals surface area contributed by atoms with E-state index in [1.54, 1.807) is 0 Å². The molecule has 3 aromatic heterocycles. The normalized spacial score (nSPS) is 11.7. The van der Waals surface area contributed by atoms with Crippen LogP contribution in [-0.2, 0) is 30.4 Å². The maximum atomic E-state index is 14.3. The van der Waals surface area contributed by atoms with E-state index in [2.05, 4.69) is 14.9 Å². The summed E-state index contributed by atoms with van der Waals surface area (Å²) in [6.45, 7) is 0. The molecule has 0 saturated carbocycles. The molecule has 5 aromatic carbocycles. The Bertz CT molecular complexity index is 4230. The number of hydrogen-bond donors (Lipinski definition) is 3. The molecule has 0 aliphatic heterocycles. The zero-order chi connectivity index (χ0) is 49.0. The Kier molecular flexibility index (Phi) is 10.8. The van der Waals surface area contributed by atoms with Gasteiger partial charge in [-0.1, -0.05) is 30.3 Å². The van der Waals surface area contributed by atoms with Gasteiger partial charge in [-0.2, -0.15) is 25.3 Å². The van der Waals surface area contributed by atoms with Gasteiger partial charge < -0.3 is 41.1 Å². The number of fused-ring (bicyclic) bond motifs is 3. The monoisotopic (exact) mass is 983 g/mol. The van der Waals surface area contributed by atoms with Crippen molar-refractivity contribution < 1.29 is 71.2 Å². The van der Waals surface area contributed by atoms with Crippen molar-refractivity contribution in [2.24, 2.45) is 0 Å². The third-order valence-corrected chi connectivity index (χ3v) is 13.3. The quantitative estimate of drug-likeness (QED) is 0.0569. The molecule has 0 atom stereocenters. The van der Waals surface area contributed by atoms with Crippen LogP contribution in [0.3, 0.4) is 0 Å². The Morgan fingerprint density at radius 3 is 1.24 bits per heavy atom. The molecule has 68 heavy (non-hydrogen) atoms. The Balaban J connectivity index is 1.37. The summed E-state index contributed by atoms with van der Waals surface area (Å²) >= 11 is 0. The van der Waals surface area contributed by atoms with Crippen molar-refractivity contribution in [2.45, 2.75) is 14.7 Å². The van der Waals surface area contributed by atoms with Crippen LogP contribution < -0.4 is 29.4 Å². The Morgan fingerprint density at radius 1 is 0.485 bits per heavy atom. The number of nitrogens with zero attached hydrogens (tertiary/aromatic N) is 6. The molecule has 0 aliphatic rings. The first-order chi connectivity index (χ1) is 32.2. The van der Waals surface area contributed by atoms with E-state index < -0.39 is 158 Å². The zero-order valence-corrected chi connectivity index (χ0v) is 35.5. The molecule has 0 fully saturated rings.